The van der Waals surface area contributed by atoms with Gasteiger partial charge in [0.15, 0.2) is 11.5 Å². The van der Waals surface area contributed by atoms with E-state index in [-0.39, 0.29) is 5.75 Å². The predicted octanol–water partition coefficient (Wildman–Crippen LogP) is 3.69. The Bertz CT molecular complexity index is 670. The molecule has 0 atom stereocenters. The van der Waals surface area contributed by atoms with E-state index in [1.54, 1.807) is 25.5 Å². The Labute approximate surface area is 142 Å². The smallest absolute Gasteiger partial charge is 0.161 e. The van der Waals surface area contributed by atoms with Gasteiger partial charge >= 0.3 is 0 Å². The van der Waals surface area contributed by atoms with Crippen LogP contribution >= 0.6 is 0 Å². The number of phenolic OH excluding ortho intramolecular Hbond substituents is 1. The number of hydrogen-bond donors (Lipinski definition) is 1. The number of rotatable bonds is 9. The fourth-order valence-corrected chi connectivity index (χ4v) is 2.05. The molecule has 0 aliphatic heterocycles. The average molecular weight is 329 g/mol. The second-order valence-electron chi connectivity index (χ2n) is 5.10. The van der Waals surface area contributed by atoms with Gasteiger partial charge in [-0.3, -0.25) is 4.99 Å². The first kappa shape index (κ1) is 17.7. The standard InChI is InChI=1S/C19H23NO4/c1-3-11-23-16-9-8-15(17(21)13-16)14-20-10-12-24-19-7-5-4-6-18(19)22-2/h4-9,13-14,21H,3,10-12H2,1-2H3. The van der Waals surface area contributed by atoms with Crippen LogP contribution in [0.3, 0.4) is 0 Å². The molecule has 0 amide bonds. The van der Waals surface area contributed by atoms with E-state index in [9.17, 15) is 5.11 Å². The number of nitrogens with zero attached hydrogens (tertiary/aromatic N) is 1. The normalized spacial score (nSPS) is 10.8. The SMILES string of the molecule is CCCOc1ccc(C=NCCOc2ccccc2OC)c(O)c1. The van der Waals surface area contributed by atoms with Gasteiger partial charge in [-0.15, -0.1) is 0 Å². The number of para-hydroxylation sites is 2. The summed E-state index contributed by atoms with van der Waals surface area (Å²) in [5.74, 6) is 2.20. The first-order valence-corrected chi connectivity index (χ1v) is 7.96. The van der Waals surface area contributed by atoms with E-state index in [0.29, 0.717) is 42.6 Å². The van der Waals surface area contributed by atoms with Crippen LogP contribution in [0.2, 0.25) is 0 Å². The van der Waals surface area contributed by atoms with Crippen LogP contribution in [0.5, 0.6) is 23.0 Å². The highest BCUT2D eigenvalue weighted by Crippen LogP contribution is 2.25. The summed E-state index contributed by atoms with van der Waals surface area (Å²) in [7, 11) is 1.61. The molecule has 5 nitrogen and oxygen atoms in total. The second kappa shape index (κ2) is 9.45. The highest BCUT2D eigenvalue weighted by molar-refractivity contribution is 5.83. The maximum atomic E-state index is 9.97. The van der Waals surface area contributed by atoms with Crippen LogP contribution in [0.4, 0.5) is 0 Å². The van der Waals surface area contributed by atoms with Crippen LogP contribution in [0.15, 0.2) is 47.5 Å². The predicted molar refractivity (Wildman–Crippen MR) is 94.8 cm³/mol. The second-order valence-corrected chi connectivity index (χ2v) is 5.10. The van der Waals surface area contributed by atoms with Crippen molar-refractivity contribution in [2.75, 3.05) is 26.9 Å². The fraction of sp³-hybridized carbons (Fsp3) is 0.316. The highest BCUT2D eigenvalue weighted by Gasteiger charge is 2.02. The first-order valence-electron chi connectivity index (χ1n) is 7.96. The van der Waals surface area contributed by atoms with Gasteiger partial charge in [0.2, 0.25) is 0 Å². The summed E-state index contributed by atoms with van der Waals surface area (Å²) in [6.45, 7) is 3.57. The number of phenols is 1. The topological polar surface area (TPSA) is 60.3 Å². The summed E-state index contributed by atoms with van der Waals surface area (Å²) in [4.78, 5) is 4.27. The summed E-state index contributed by atoms with van der Waals surface area (Å²) >= 11 is 0. The molecule has 0 aromatic heterocycles. The fourth-order valence-electron chi connectivity index (χ4n) is 2.05. The Morgan fingerprint density at radius 1 is 1.04 bits per heavy atom. The van der Waals surface area contributed by atoms with Crippen LogP contribution in [0.1, 0.15) is 18.9 Å². The lowest BCUT2D eigenvalue weighted by Gasteiger charge is -2.09. The maximum Gasteiger partial charge on any atom is 0.161 e. The Hall–Kier alpha value is -2.69. The molecular formula is C19H23NO4. The van der Waals surface area contributed by atoms with Crippen LogP contribution in [-0.4, -0.2) is 38.2 Å². The number of hydrogen-bond acceptors (Lipinski definition) is 5. The van der Waals surface area contributed by atoms with E-state index in [0.717, 1.165) is 6.42 Å². The molecule has 1 N–H and O–H groups in total. The van der Waals surface area contributed by atoms with Crippen molar-refractivity contribution in [3.8, 4) is 23.0 Å². The number of aliphatic imine (C=N–C) groups is 1. The van der Waals surface area contributed by atoms with Gasteiger partial charge in [0.05, 0.1) is 20.3 Å². The number of aromatic hydroxyl groups is 1. The van der Waals surface area contributed by atoms with Crippen molar-refractivity contribution in [1.29, 1.82) is 0 Å². The molecule has 0 fully saturated rings. The third-order valence-corrected chi connectivity index (χ3v) is 3.25. The van der Waals surface area contributed by atoms with Crippen molar-refractivity contribution in [2.24, 2.45) is 4.99 Å². The van der Waals surface area contributed by atoms with Gasteiger partial charge in [-0.2, -0.15) is 0 Å². The van der Waals surface area contributed by atoms with E-state index in [1.165, 1.54) is 0 Å². The minimum absolute atomic E-state index is 0.151. The monoisotopic (exact) mass is 329 g/mol. The molecule has 0 bridgehead atoms. The lowest BCUT2D eigenvalue weighted by atomic mass is 10.2. The summed E-state index contributed by atoms with van der Waals surface area (Å²) in [5, 5.41) is 9.97. The maximum absolute atomic E-state index is 9.97. The van der Waals surface area contributed by atoms with Crippen LogP contribution in [-0.2, 0) is 0 Å². The van der Waals surface area contributed by atoms with Gasteiger partial charge in [-0.25, -0.2) is 0 Å². The molecular weight excluding hydrogens is 306 g/mol. The van der Waals surface area contributed by atoms with Crippen molar-refractivity contribution < 1.29 is 19.3 Å². The molecule has 24 heavy (non-hydrogen) atoms. The number of ether oxygens (including phenoxy) is 3. The minimum Gasteiger partial charge on any atom is -0.507 e. The van der Waals surface area contributed by atoms with Gasteiger partial charge in [0, 0.05) is 17.8 Å². The third-order valence-electron chi connectivity index (χ3n) is 3.25. The van der Waals surface area contributed by atoms with Crippen molar-refractivity contribution in [3.05, 3.63) is 48.0 Å². The molecule has 128 valence electrons. The van der Waals surface area contributed by atoms with E-state index in [2.05, 4.69) is 4.99 Å². The van der Waals surface area contributed by atoms with Crippen molar-refractivity contribution >= 4 is 6.21 Å². The van der Waals surface area contributed by atoms with Crippen LogP contribution < -0.4 is 14.2 Å². The molecule has 0 saturated carbocycles. The molecule has 5 heteroatoms. The molecule has 0 aliphatic rings. The highest BCUT2D eigenvalue weighted by atomic mass is 16.5. The molecule has 0 saturated heterocycles. The van der Waals surface area contributed by atoms with Crippen molar-refractivity contribution in [2.45, 2.75) is 13.3 Å². The van der Waals surface area contributed by atoms with Gasteiger partial charge < -0.3 is 19.3 Å². The quantitative estimate of drug-likeness (QED) is 0.563. The van der Waals surface area contributed by atoms with Crippen LogP contribution in [0, 0.1) is 0 Å². The zero-order valence-corrected chi connectivity index (χ0v) is 14.1. The zero-order valence-electron chi connectivity index (χ0n) is 14.1. The zero-order chi connectivity index (χ0) is 17.2. The summed E-state index contributed by atoms with van der Waals surface area (Å²) in [6, 6.07) is 12.7. The molecule has 2 aromatic rings. The van der Waals surface area contributed by atoms with Crippen molar-refractivity contribution in [3.63, 3.8) is 0 Å². The van der Waals surface area contributed by atoms with Gasteiger partial charge in [0.25, 0.3) is 0 Å². The summed E-state index contributed by atoms with van der Waals surface area (Å²) in [5.41, 5.74) is 0.649. The largest absolute Gasteiger partial charge is 0.507 e. The van der Waals surface area contributed by atoms with E-state index < -0.39 is 0 Å². The summed E-state index contributed by atoms with van der Waals surface area (Å²) < 4.78 is 16.3. The Balaban J connectivity index is 1.83. The minimum atomic E-state index is 0.151. The molecule has 0 radical (unpaired) electrons. The van der Waals surface area contributed by atoms with Crippen molar-refractivity contribution in [1.82, 2.24) is 0 Å². The lowest BCUT2D eigenvalue weighted by Crippen LogP contribution is -2.02. The van der Waals surface area contributed by atoms with Gasteiger partial charge in [0.1, 0.15) is 18.1 Å². The van der Waals surface area contributed by atoms with E-state index >= 15 is 0 Å². The van der Waals surface area contributed by atoms with Gasteiger partial charge in [-0.05, 0) is 30.7 Å². The Morgan fingerprint density at radius 3 is 2.54 bits per heavy atom. The lowest BCUT2D eigenvalue weighted by molar-refractivity contribution is 0.303. The van der Waals surface area contributed by atoms with E-state index in [1.807, 2.05) is 37.3 Å². The first-order chi connectivity index (χ1) is 11.7. The molecule has 0 spiro atoms. The number of methoxy groups -OCH3 is 1. The molecule has 0 aliphatic carbocycles. The van der Waals surface area contributed by atoms with Gasteiger partial charge in [-0.1, -0.05) is 19.1 Å². The molecule has 2 rings (SSSR count). The third kappa shape index (κ3) is 5.19. The van der Waals surface area contributed by atoms with Crippen LogP contribution in [0.25, 0.3) is 0 Å². The van der Waals surface area contributed by atoms with E-state index in [4.69, 9.17) is 14.2 Å². The average Bonchev–Trinajstić information content (AvgIpc) is 2.61. The Kier molecular flexibility index (Phi) is 6.95. The Morgan fingerprint density at radius 2 is 1.83 bits per heavy atom. The summed E-state index contributed by atoms with van der Waals surface area (Å²) in [6.07, 6.45) is 2.56. The molecule has 0 unspecified atom stereocenters. The number of benzene rings is 2. The molecule has 0 heterocycles. The molecule has 2 aromatic carbocycles.